The fourth-order valence-corrected chi connectivity index (χ4v) is 2.67. The van der Waals surface area contributed by atoms with Gasteiger partial charge in [0.05, 0.1) is 13.2 Å². The second-order valence-corrected chi connectivity index (χ2v) is 5.57. The molecule has 0 spiro atoms. The number of hydrogen-bond donors (Lipinski definition) is 1. The summed E-state index contributed by atoms with van der Waals surface area (Å²) in [6.45, 7) is 0. The van der Waals surface area contributed by atoms with Gasteiger partial charge in [0.2, 0.25) is 0 Å². The van der Waals surface area contributed by atoms with Crippen LogP contribution in [0.2, 0.25) is 5.02 Å². The average molecular weight is 360 g/mol. The van der Waals surface area contributed by atoms with Crippen LogP contribution in [0.5, 0.6) is 5.75 Å². The lowest BCUT2D eigenvalue weighted by Crippen LogP contribution is -2.06. The van der Waals surface area contributed by atoms with Gasteiger partial charge >= 0.3 is 0 Å². The quantitative estimate of drug-likeness (QED) is 0.869. The predicted molar refractivity (Wildman–Crippen MR) is 80.8 cm³/mol. The summed E-state index contributed by atoms with van der Waals surface area (Å²) in [7, 11) is 1.57. The maximum Gasteiger partial charge on any atom is 0.130 e. The Morgan fingerprint density at radius 2 is 2.10 bits per heavy atom. The number of rotatable bonds is 4. The topological polar surface area (TPSA) is 29.5 Å². The first kappa shape index (κ1) is 15.3. The van der Waals surface area contributed by atoms with Crippen molar-refractivity contribution in [3.05, 3.63) is 62.8 Å². The van der Waals surface area contributed by atoms with Crippen LogP contribution in [-0.2, 0) is 6.42 Å². The van der Waals surface area contributed by atoms with Gasteiger partial charge in [-0.15, -0.1) is 0 Å². The molecule has 1 atom stereocenters. The molecule has 0 saturated carbocycles. The third kappa shape index (κ3) is 3.32. The maximum absolute atomic E-state index is 13.8. The first-order valence-corrected chi connectivity index (χ1v) is 7.14. The first-order valence-electron chi connectivity index (χ1n) is 5.97. The van der Waals surface area contributed by atoms with Crippen molar-refractivity contribution in [1.82, 2.24) is 0 Å². The molecule has 5 heteroatoms. The Hall–Kier alpha value is -1.10. The van der Waals surface area contributed by atoms with Crippen LogP contribution in [0.4, 0.5) is 4.39 Å². The van der Waals surface area contributed by atoms with Crippen LogP contribution < -0.4 is 4.74 Å². The smallest absolute Gasteiger partial charge is 0.130 e. The Morgan fingerprint density at radius 3 is 2.75 bits per heavy atom. The molecule has 0 saturated heterocycles. The van der Waals surface area contributed by atoms with Gasteiger partial charge in [-0.25, -0.2) is 4.39 Å². The average Bonchev–Trinajstić information content (AvgIpc) is 2.41. The van der Waals surface area contributed by atoms with Gasteiger partial charge in [-0.05, 0) is 35.9 Å². The molecule has 2 nitrogen and oxygen atoms in total. The molecule has 0 radical (unpaired) electrons. The Morgan fingerprint density at radius 1 is 1.35 bits per heavy atom. The van der Waals surface area contributed by atoms with Gasteiger partial charge in [0.25, 0.3) is 0 Å². The van der Waals surface area contributed by atoms with E-state index in [0.29, 0.717) is 5.75 Å². The third-order valence-corrected chi connectivity index (χ3v) is 4.10. The molecule has 1 unspecified atom stereocenters. The monoisotopic (exact) mass is 358 g/mol. The van der Waals surface area contributed by atoms with Crippen molar-refractivity contribution in [3.8, 4) is 5.75 Å². The molecule has 0 aromatic heterocycles. The van der Waals surface area contributed by atoms with Crippen molar-refractivity contribution in [3.63, 3.8) is 0 Å². The summed E-state index contributed by atoms with van der Waals surface area (Å²) in [6, 6.07) is 9.77. The fraction of sp³-hybridized carbons (Fsp3) is 0.200. The fourth-order valence-electron chi connectivity index (χ4n) is 1.97. The minimum Gasteiger partial charge on any atom is -0.497 e. The summed E-state index contributed by atoms with van der Waals surface area (Å²) in [5.41, 5.74) is 0.931. The SMILES string of the molecule is COc1ccc(Br)c(CC(O)c2c(F)cccc2Cl)c1. The standard InChI is InChI=1S/C15H13BrClFO2/c1-20-10-5-6-11(16)9(7-10)8-14(19)15-12(17)3-2-4-13(15)18/h2-7,14,19H,8H2,1H3. The number of benzene rings is 2. The molecule has 0 amide bonds. The number of aliphatic hydroxyl groups is 1. The van der Waals surface area contributed by atoms with E-state index < -0.39 is 11.9 Å². The predicted octanol–water partition coefficient (Wildman–Crippen LogP) is 4.53. The van der Waals surface area contributed by atoms with Gasteiger partial charge in [0, 0.05) is 21.5 Å². The van der Waals surface area contributed by atoms with Crippen molar-refractivity contribution in [2.75, 3.05) is 7.11 Å². The number of ether oxygens (including phenoxy) is 1. The van der Waals surface area contributed by atoms with Crippen molar-refractivity contribution in [2.45, 2.75) is 12.5 Å². The highest BCUT2D eigenvalue weighted by Crippen LogP contribution is 2.31. The zero-order valence-corrected chi connectivity index (χ0v) is 13.1. The minimum atomic E-state index is -1.02. The molecule has 20 heavy (non-hydrogen) atoms. The Kier molecular flexibility index (Phi) is 5.02. The van der Waals surface area contributed by atoms with E-state index in [0.717, 1.165) is 10.0 Å². The van der Waals surface area contributed by atoms with Crippen molar-refractivity contribution >= 4 is 27.5 Å². The third-order valence-electron chi connectivity index (χ3n) is 3.00. The summed E-state index contributed by atoms with van der Waals surface area (Å²) in [5.74, 6) is 0.166. The number of aliphatic hydroxyl groups excluding tert-OH is 1. The van der Waals surface area contributed by atoms with Gasteiger partial charge in [0.15, 0.2) is 0 Å². The molecule has 2 aromatic rings. The highest BCUT2D eigenvalue weighted by molar-refractivity contribution is 9.10. The van der Waals surface area contributed by atoms with E-state index in [-0.39, 0.29) is 17.0 Å². The van der Waals surface area contributed by atoms with Gasteiger partial charge < -0.3 is 9.84 Å². The second-order valence-electron chi connectivity index (χ2n) is 4.31. The van der Waals surface area contributed by atoms with Crippen molar-refractivity contribution in [1.29, 1.82) is 0 Å². The molecule has 2 rings (SSSR count). The van der Waals surface area contributed by atoms with Crippen LogP contribution in [0.3, 0.4) is 0 Å². The van der Waals surface area contributed by atoms with Crippen molar-refractivity contribution < 1.29 is 14.2 Å². The zero-order valence-electron chi connectivity index (χ0n) is 10.7. The molecule has 2 aromatic carbocycles. The Balaban J connectivity index is 2.30. The van der Waals surface area contributed by atoms with E-state index in [1.165, 1.54) is 12.1 Å². The van der Waals surface area contributed by atoms with E-state index >= 15 is 0 Å². The summed E-state index contributed by atoms with van der Waals surface area (Å²) in [6.07, 6.45) is -0.787. The maximum atomic E-state index is 13.8. The van der Waals surface area contributed by atoms with Gasteiger partial charge in [-0.2, -0.15) is 0 Å². The molecule has 0 aliphatic carbocycles. The van der Waals surface area contributed by atoms with Crippen LogP contribution in [0.15, 0.2) is 40.9 Å². The highest BCUT2D eigenvalue weighted by atomic mass is 79.9. The van der Waals surface area contributed by atoms with Crippen LogP contribution >= 0.6 is 27.5 Å². The Labute approximate surface area is 130 Å². The van der Waals surface area contributed by atoms with Crippen LogP contribution in [0.1, 0.15) is 17.2 Å². The molecule has 0 bridgehead atoms. The minimum absolute atomic E-state index is 0.115. The molecule has 0 heterocycles. The lowest BCUT2D eigenvalue weighted by Gasteiger charge is -2.15. The lowest BCUT2D eigenvalue weighted by molar-refractivity contribution is 0.173. The van der Waals surface area contributed by atoms with Crippen molar-refractivity contribution in [2.24, 2.45) is 0 Å². The normalized spacial score (nSPS) is 12.2. The molecule has 0 aliphatic rings. The number of hydrogen-bond acceptors (Lipinski definition) is 2. The van der Waals surface area contributed by atoms with E-state index in [2.05, 4.69) is 15.9 Å². The van der Waals surface area contributed by atoms with E-state index in [1.807, 2.05) is 6.07 Å². The first-order chi connectivity index (χ1) is 9.52. The Bertz CT molecular complexity index is 599. The largest absolute Gasteiger partial charge is 0.497 e. The van der Waals surface area contributed by atoms with E-state index in [9.17, 15) is 9.50 Å². The number of methoxy groups -OCH3 is 1. The summed E-state index contributed by atoms with van der Waals surface area (Å²) in [5, 5.41) is 10.5. The second kappa shape index (κ2) is 6.57. The zero-order chi connectivity index (χ0) is 14.7. The molecule has 0 fully saturated rings. The van der Waals surface area contributed by atoms with Gasteiger partial charge in [-0.3, -0.25) is 0 Å². The molecule has 106 valence electrons. The van der Waals surface area contributed by atoms with Crippen LogP contribution in [0, 0.1) is 5.82 Å². The van der Waals surface area contributed by atoms with E-state index in [1.54, 1.807) is 25.3 Å². The van der Waals surface area contributed by atoms with Crippen LogP contribution in [0.25, 0.3) is 0 Å². The highest BCUT2D eigenvalue weighted by Gasteiger charge is 2.18. The van der Waals surface area contributed by atoms with Crippen LogP contribution in [-0.4, -0.2) is 12.2 Å². The summed E-state index contributed by atoms with van der Waals surface area (Å²) >= 11 is 9.36. The number of halogens is 3. The lowest BCUT2D eigenvalue weighted by atomic mass is 10.0. The molecular formula is C15H13BrClFO2. The van der Waals surface area contributed by atoms with Gasteiger partial charge in [0.1, 0.15) is 11.6 Å². The molecular weight excluding hydrogens is 347 g/mol. The van der Waals surface area contributed by atoms with Gasteiger partial charge in [-0.1, -0.05) is 33.6 Å². The summed E-state index contributed by atoms with van der Waals surface area (Å²) in [4.78, 5) is 0. The molecule has 1 N–H and O–H groups in total. The summed E-state index contributed by atoms with van der Waals surface area (Å²) < 4.78 is 19.7. The van der Waals surface area contributed by atoms with E-state index in [4.69, 9.17) is 16.3 Å². The molecule has 0 aliphatic heterocycles.